The van der Waals surface area contributed by atoms with Gasteiger partial charge in [0.15, 0.2) is 12.6 Å². The molecule has 5 unspecified atom stereocenters. The molecule has 1 heterocycles. The number of nitrogens with two attached hydrogens (primary N) is 1. The summed E-state index contributed by atoms with van der Waals surface area (Å²) in [7, 11) is 0. The molecule has 1 fully saturated rings. The smallest absolute Gasteiger partial charge is 0.186 e. The minimum absolute atomic E-state index is 0.0552. The van der Waals surface area contributed by atoms with Gasteiger partial charge in [-0.3, -0.25) is 0 Å². The van der Waals surface area contributed by atoms with Gasteiger partial charge < -0.3 is 44.0 Å². The second kappa shape index (κ2) is 20.1. The third kappa shape index (κ3) is 11.6. The van der Waals surface area contributed by atoms with Crippen LogP contribution in [0.25, 0.3) is 0 Å². The predicted octanol–water partition coefficient (Wildman–Crippen LogP) is 5.38. The Hall–Kier alpha value is -3.48. The molecule has 0 bridgehead atoms. The molecular formula is C39H47NO8. The van der Waals surface area contributed by atoms with Gasteiger partial charge >= 0.3 is 0 Å². The fraction of sp³-hybridized carbons (Fsp3) is 0.385. The van der Waals surface area contributed by atoms with Crippen molar-refractivity contribution in [3.63, 3.8) is 0 Å². The van der Waals surface area contributed by atoms with E-state index < -0.39 is 37.0 Å². The molecule has 3 N–H and O–H groups in total. The van der Waals surface area contributed by atoms with Gasteiger partial charge in [0.2, 0.25) is 0 Å². The normalized spacial score (nSPS) is 21.6. The van der Waals surface area contributed by atoms with Crippen LogP contribution in [0.5, 0.6) is 0 Å². The lowest BCUT2D eigenvalue weighted by Gasteiger charge is -2.46. The van der Waals surface area contributed by atoms with Crippen molar-refractivity contribution in [2.75, 3.05) is 26.4 Å². The van der Waals surface area contributed by atoms with Crippen LogP contribution in [0.2, 0.25) is 0 Å². The topological polar surface area (TPSA) is 111 Å². The molecule has 5 rings (SSSR count). The lowest BCUT2D eigenvalue weighted by Crippen LogP contribution is -2.62. The molecule has 48 heavy (non-hydrogen) atoms. The molecule has 0 amide bonds. The molecule has 1 aliphatic heterocycles. The zero-order chi connectivity index (χ0) is 33.2. The van der Waals surface area contributed by atoms with Crippen LogP contribution in [0.4, 0.5) is 0 Å². The van der Waals surface area contributed by atoms with Crippen molar-refractivity contribution < 1.29 is 38.3 Å². The van der Waals surface area contributed by atoms with Crippen molar-refractivity contribution in [3.05, 3.63) is 144 Å². The van der Waals surface area contributed by atoms with Gasteiger partial charge in [0.1, 0.15) is 24.4 Å². The first kappa shape index (κ1) is 35.8. The minimum Gasteiger partial charge on any atom is -0.374 e. The van der Waals surface area contributed by atoms with E-state index in [1.807, 2.05) is 121 Å². The molecular weight excluding hydrogens is 610 g/mol. The first-order chi connectivity index (χ1) is 23.7. The van der Waals surface area contributed by atoms with Crippen molar-refractivity contribution >= 4 is 0 Å². The number of ether oxygens (including phenoxy) is 7. The molecule has 1 aliphatic rings. The molecule has 9 heteroatoms. The van der Waals surface area contributed by atoms with E-state index in [0.717, 1.165) is 22.3 Å². The van der Waals surface area contributed by atoms with E-state index >= 15 is 0 Å². The first-order valence-electron chi connectivity index (χ1n) is 16.5. The monoisotopic (exact) mass is 657 g/mol. The minimum atomic E-state index is -1.27. The molecule has 4 aromatic carbocycles. The second-order valence-electron chi connectivity index (χ2n) is 11.6. The second-order valence-corrected chi connectivity index (χ2v) is 11.6. The Morgan fingerprint density at radius 2 is 1.06 bits per heavy atom. The largest absolute Gasteiger partial charge is 0.374 e. The van der Waals surface area contributed by atoms with E-state index in [0.29, 0.717) is 39.4 Å². The fourth-order valence-corrected chi connectivity index (χ4v) is 5.43. The summed E-state index contributed by atoms with van der Waals surface area (Å²) in [6.45, 7) is 2.23. The van der Waals surface area contributed by atoms with Crippen molar-refractivity contribution in [3.8, 4) is 0 Å². The number of hydrogen-bond donors (Lipinski definition) is 2. The lowest BCUT2D eigenvalue weighted by atomic mass is 9.97. The predicted molar refractivity (Wildman–Crippen MR) is 181 cm³/mol. The van der Waals surface area contributed by atoms with Gasteiger partial charge in [0.05, 0.1) is 46.2 Å². The van der Waals surface area contributed by atoms with E-state index in [2.05, 4.69) is 0 Å². The Morgan fingerprint density at radius 1 is 0.583 bits per heavy atom. The van der Waals surface area contributed by atoms with Crippen LogP contribution in [0, 0.1) is 0 Å². The van der Waals surface area contributed by atoms with Gasteiger partial charge in [0.25, 0.3) is 0 Å². The highest BCUT2D eigenvalue weighted by atomic mass is 16.7. The summed E-state index contributed by atoms with van der Waals surface area (Å²) in [5.41, 5.74) is 9.78. The molecule has 256 valence electrons. The van der Waals surface area contributed by atoms with Crippen LogP contribution < -0.4 is 5.73 Å². The van der Waals surface area contributed by atoms with Crippen molar-refractivity contribution in [2.45, 2.75) is 69.8 Å². The summed E-state index contributed by atoms with van der Waals surface area (Å²) >= 11 is 0. The Kier molecular flexibility index (Phi) is 15.0. The van der Waals surface area contributed by atoms with Crippen LogP contribution in [0.1, 0.15) is 28.7 Å². The number of aliphatic hydroxyl groups excluding tert-OH is 1. The average Bonchev–Trinajstić information content (AvgIpc) is 3.13. The lowest BCUT2D eigenvalue weighted by molar-refractivity contribution is -0.342. The fourth-order valence-electron chi connectivity index (χ4n) is 5.43. The van der Waals surface area contributed by atoms with Crippen LogP contribution in [-0.4, -0.2) is 68.5 Å². The highest BCUT2D eigenvalue weighted by Gasteiger charge is 2.49. The molecule has 0 radical (unpaired) electrons. The summed E-state index contributed by atoms with van der Waals surface area (Å²) in [6.07, 6.45) is -4.32. The quantitative estimate of drug-likeness (QED) is 0.0956. The summed E-state index contributed by atoms with van der Waals surface area (Å²) < 4.78 is 44.4. The maximum atomic E-state index is 11.2. The number of hydrogen-bond acceptors (Lipinski definition) is 9. The third-order valence-electron chi connectivity index (χ3n) is 7.87. The van der Waals surface area contributed by atoms with Crippen LogP contribution in [-0.2, 0) is 59.6 Å². The van der Waals surface area contributed by atoms with Gasteiger partial charge in [0, 0.05) is 0 Å². The molecule has 6 atom stereocenters. The first-order valence-corrected chi connectivity index (χ1v) is 16.5. The summed E-state index contributed by atoms with van der Waals surface area (Å²) in [4.78, 5) is 0. The Balaban J connectivity index is 1.38. The molecule has 0 saturated carbocycles. The molecule has 9 nitrogen and oxygen atoms in total. The van der Waals surface area contributed by atoms with E-state index in [4.69, 9.17) is 38.9 Å². The maximum absolute atomic E-state index is 11.2. The SMILES string of the molecule is NCCCOC1OC(COCc2ccccc2)C(O[C@H](O)COCc2ccccc2)C(OCc2ccccc2)C1OCc1ccccc1. The van der Waals surface area contributed by atoms with Crippen molar-refractivity contribution in [1.29, 1.82) is 0 Å². The molecule has 0 spiro atoms. The Labute approximate surface area is 283 Å². The summed E-state index contributed by atoms with van der Waals surface area (Å²) in [5.74, 6) is 0. The van der Waals surface area contributed by atoms with E-state index in [1.54, 1.807) is 0 Å². The standard InChI is InChI=1S/C39H47NO8/c40-22-13-23-44-39-38(46-27-33-20-11-4-12-21-33)37(45-26-32-18-9-3-10-19-32)36(34(47-39)28-42-24-30-14-5-1-6-15-30)48-35(41)29-43-25-31-16-7-2-8-17-31/h1-12,14-21,34-39,41H,13,22-29,40H2/t34?,35-,36?,37?,38?,39?/m0/s1. The Morgan fingerprint density at radius 3 is 1.58 bits per heavy atom. The highest BCUT2D eigenvalue weighted by molar-refractivity contribution is 5.16. The highest BCUT2D eigenvalue weighted by Crippen LogP contribution is 2.31. The van der Waals surface area contributed by atoms with Crippen LogP contribution in [0.3, 0.4) is 0 Å². The van der Waals surface area contributed by atoms with Gasteiger partial charge in [-0.1, -0.05) is 121 Å². The molecule has 1 saturated heterocycles. The molecule has 4 aromatic rings. The van der Waals surface area contributed by atoms with Gasteiger partial charge in [-0.15, -0.1) is 0 Å². The van der Waals surface area contributed by atoms with E-state index in [-0.39, 0.29) is 19.8 Å². The molecule has 0 aliphatic carbocycles. The Bertz CT molecular complexity index is 1400. The van der Waals surface area contributed by atoms with E-state index in [1.165, 1.54) is 0 Å². The van der Waals surface area contributed by atoms with Gasteiger partial charge in [-0.2, -0.15) is 0 Å². The van der Waals surface area contributed by atoms with Crippen LogP contribution in [0.15, 0.2) is 121 Å². The maximum Gasteiger partial charge on any atom is 0.186 e. The van der Waals surface area contributed by atoms with Crippen molar-refractivity contribution in [2.24, 2.45) is 5.73 Å². The average molecular weight is 658 g/mol. The third-order valence-corrected chi connectivity index (χ3v) is 7.87. The van der Waals surface area contributed by atoms with Crippen LogP contribution >= 0.6 is 0 Å². The van der Waals surface area contributed by atoms with Crippen molar-refractivity contribution in [1.82, 2.24) is 0 Å². The molecule has 0 aromatic heterocycles. The van der Waals surface area contributed by atoms with Gasteiger partial charge in [-0.25, -0.2) is 0 Å². The van der Waals surface area contributed by atoms with Gasteiger partial charge in [-0.05, 0) is 35.2 Å². The summed E-state index contributed by atoms with van der Waals surface area (Å²) in [6, 6.07) is 39.4. The zero-order valence-corrected chi connectivity index (χ0v) is 27.3. The number of aliphatic hydroxyl groups is 1. The number of benzene rings is 4. The summed E-state index contributed by atoms with van der Waals surface area (Å²) in [5, 5.41) is 11.2. The van der Waals surface area contributed by atoms with E-state index in [9.17, 15) is 5.11 Å². The zero-order valence-electron chi connectivity index (χ0n) is 27.3. The number of rotatable bonds is 20.